The fourth-order valence-corrected chi connectivity index (χ4v) is 2.21. The molecule has 2 aromatic rings. The summed E-state index contributed by atoms with van der Waals surface area (Å²) in [7, 11) is 2.04. The third-order valence-electron chi connectivity index (χ3n) is 4.02. The van der Waals surface area contributed by atoms with Crippen LogP contribution in [0.4, 0.5) is 5.82 Å². The van der Waals surface area contributed by atoms with Gasteiger partial charge < -0.3 is 4.90 Å². The number of nitriles is 1. The van der Waals surface area contributed by atoms with E-state index >= 15 is 0 Å². The second-order valence-corrected chi connectivity index (χ2v) is 6.31. The van der Waals surface area contributed by atoms with Crippen molar-refractivity contribution in [3.8, 4) is 6.07 Å². The molecule has 1 atom stereocenters. The number of benzene rings is 1. The van der Waals surface area contributed by atoms with Crippen LogP contribution in [0.15, 0.2) is 30.3 Å². The summed E-state index contributed by atoms with van der Waals surface area (Å²) in [5, 5.41) is 10.3. The summed E-state index contributed by atoms with van der Waals surface area (Å²) < 4.78 is 0. The Morgan fingerprint density at radius 1 is 1.25 bits per heavy atom. The van der Waals surface area contributed by atoms with E-state index in [1.165, 1.54) is 0 Å². The minimum absolute atomic E-state index is 0.148. The number of aromatic nitrogens is 1. The highest BCUT2D eigenvalue weighted by molar-refractivity contribution is 5.86. The maximum Gasteiger partial charge on any atom is 0.130 e. The van der Waals surface area contributed by atoms with Crippen LogP contribution in [0.25, 0.3) is 10.9 Å². The summed E-state index contributed by atoms with van der Waals surface area (Å²) in [5.41, 5.74) is 1.70. The van der Waals surface area contributed by atoms with Crippen molar-refractivity contribution < 1.29 is 0 Å². The second kappa shape index (κ2) is 5.13. The summed E-state index contributed by atoms with van der Waals surface area (Å²) in [6.45, 7) is 8.81. The van der Waals surface area contributed by atoms with Crippen LogP contribution in [0.1, 0.15) is 33.3 Å². The van der Waals surface area contributed by atoms with Gasteiger partial charge in [0.2, 0.25) is 0 Å². The highest BCUT2D eigenvalue weighted by Crippen LogP contribution is 2.28. The van der Waals surface area contributed by atoms with Gasteiger partial charge in [0.05, 0.1) is 17.1 Å². The molecule has 1 heterocycles. The van der Waals surface area contributed by atoms with Crippen LogP contribution >= 0.6 is 0 Å². The number of pyridine rings is 1. The first-order chi connectivity index (χ1) is 9.34. The molecule has 0 amide bonds. The summed E-state index contributed by atoms with van der Waals surface area (Å²) in [6, 6.07) is 12.3. The third-order valence-corrected chi connectivity index (χ3v) is 4.02. The molecule has 0 radical (unpaired) electrons. The van der Waals surface area contributed by atoms with E-state index in [-0.39, 0.29) is 5.41 Å². The standard InChI is InChI=1S/C17H21N3/c1-12(17(2,3)4)20(5)16-10-13(11-18)14-8-6-7-9-15(14)19-16/h6-10,12H,1-5H3. The van der Waals surface area contributed by atoms with Crippen molar-refractivity contribution in [2.24, 2.45) is 5.41 Å². The van der Waals surface area contributed by atoms with Gasteiger partial charge in [-0.1, -0.05) is 39.0 Å². The van der Waals surface area contributed by atoms with Crippen LogP contribution in [-0.4, -0.2) is 18.1 Å². The zero-order chi connectivity index (χ0) is 14.9. The predicted octanol–water partition coefficient (Wildman–Crippen LogP) is 3.98. The largest absolute Gasteiger partial charge is 0.356 e. The van der Waals surface area contributed by atoms with Gasteiger partial charge in [-0.15, -0.1) is 0 Å². The van der Waals surface area contributed by atoms with E-state index < -0.39 is 0 Å². The smallest absolute Gasteiger partial charge is 0.130 e. The molecule has 0 saturated carbocycles. The van der Waals surface area contributed by atoms with Crippen LogP contribution in [0.2, 0.25) is 0 Å². The minimum atomic E-state index is 0.148. The van der Waals surface area contributed by atoms with Gasteiger partial charge in [0.25, 0.3) is 0 Å². The molecule has 20 heavy (non-hydrogen) atoms. The van der Waals surface area contributed by atoms with Crippen LogP contribution in [0.3, 0.4) is 0 Å². The number of fused-ring (bicyclic) bond motifs is 1. The average Bonchev–Trinajstić information content (AvgIpc) is 2.43. The molecule has 2 rings (SSSR count). The van der Waals surface area contributed by atoms with Crippen LogP contribution < -0.4 is 4.90 Å². The van der Waals surface area contributed by atoms with Crippen LogP contribution in [-0.2, 0) is 0 Å². The Morgan fingerprint density at radius 3 is 2.50 bits per heavy atom. The zero-order valence-electron chi connectivity index (χ0n) is 12.8. The Hall–Kier alpha value is -2.08. The lowest BCUT2D eigenvalue weighted by atomic mass is 9.87. The predicted molar refractivity (Wildman–Crippen MR) is 83.8 cm³/mol. The lowest BCUT2D eigenvalue weighted by Crippen LogP contribution is -2.39. The summed E-state index contributed by atoms with van der Waals surface area (Å²) >= 11 is 0. The van der Waals surface area contributed by atoms with E-state index in [1.807, 2.05) is 37.4 Å². The van der Waals surface area contributed by atoms with Gasteiger partial charge >= 0.3 is 0 Å². The first-order valence-electron chi connectivity index (χ1n) is 6.87. The van der Waals surface area contributed by atoms with Crippen molar-refractivity contribution in [3.63, 3.8) is 0 Å². The van der Waals surface area contributed by atoms with Gasteiger partial charge in [-0.05, 0) is 24.5 Å². The number of hydrogen-bond donors (Lipinski definition) is 0. The summed E-state index contributed by atoms with van der Waals surface area (Å²) in [4.78, 5) is 6.84. The van der Waals surface area contributed by atoms with Crippen molar-refractivity contribution >= 4 is 16.7 Å². The van der Waals surface area contributed by atoms with Crippen molar-refractivity contribution in [2.45, 2.75) is 33.7 Å². The third kappa shape index (κ3) is 2.60. The number of hydrogen-bond acceptors (Lipinski definition) is 3. The van der Waals surface area contributed by atoms with E-state index in [1.54, 1.807) is 0 Å². The first kappa shape index (κ1) is 14.3. The van der Waals surface area contributed by atoms with Crippen LogP contribution in [0, 0.1) is 16.7 Å². The van der Waals surface area contributed by atoms with E-state index in [0.717, 1.165) is 16.7 Å². The molecule has 3 heteroatoms. The molecule has 1 aromatic carbocycles. The first-order valence-corrected chi connectivity index (χ1v) is 6.87. The minimum Gasteiger partial charge on any atom is -0.356 e. The Kier molecular flexibility index (Phi) is 3.67. The number of para-hydroxylation sites is 1. The molecular weight excluding hydrogens is 246 g/mol. The molecule has 1 unspecified atom stereocenters. The van der Waals surface area contributed by atoms with Crippen molar-refractivity contribution in [3.05, 3.63) is 35.9 Å². The second-order valence-electron chi connectivity index (χ2n) is 6.31. The van der Waals surface area contributed by atoms with Crippen molar-refractivity contribution in [1.29, 1.82) is 5.26 Å². The Bertz CT molecular complexity index is 662. The molecule has 0 aliphatic carbocycles. The van der Waals surface area contributed by atoms with Crippen molar-refractivity contribution in [2.75, 3.05) is 11.9 Å². The molecule has 0 saturated heterocycles. The van der Waals surface area contributed by atoms with E-state index in [2.05, 4.69) is 38.7 Å². The number of nitrogens with zero attached hydrogens (tertiary/aromatic N) is 3. The lowest BCUT2D eigenvalue weighted by molar-refractivity contribution is 0.328. The topological polar surface area (TPSA) is 39.9 Å². The summed E-state index contributed by atoms with van der Waals surface area (Å²) in [6.07, 6.45) is 0. The van der Waals surface area contributed by atoms with E-state index in [0.29, 0.717) is 11.6 Å². The maximum atomic E-state index is 9.34. The summed E-state index contributed by atoms with van der Waals surface area (Å²) in [5.74, 6) is 0.850. The highest BCUT2D eigenvalue weighted by atomic mass is 15.2. The Labute approximate surface area is 120 Å². The molecular formula is C17H21N3. The van der Waals surface area contributed by atoms with Crippen LogP contribution in [0.5, 0.6) is 0 Å². The molecule has 0 spiro atoms. The normalized spacial score (nSPS) is 13.0. The van der Waals surface area contributed by atoms with Gasteiger partial charge in [-0.2, -0.15) is 5.26 Å². The molecule has 0 bridgehead atoms. The Balaban J connectivity index is 2.54. The molecule has 3 nitrogen and oxygen atoms in total. The SMILES string of the molecule is CC(N(C)c1cc(C#N)c2ccccc2n1)C(C)(C)C. The van der Waals surface area contributed by atoms with Gasteiger partial charge in [-0.3, -0.25) is 0 Å². The quantitative estimate of drug-likeness (QED) is 0.826. The molecule has 0 aliphatic heterocycles. The molecule has 0 fully saturated rings. The Morgan fingerprint density at radius 2 is 1.90 bits per heavy atom. The van der Waals surface area contributed by atoms with Crippen molar-refractivity contribution in [1.82, 2.24) is 4.98 Å². The van der Waals surface area contributed by atoms with Gasteiger partial charge in [-0.25, -0.2) is 4.98 Å². The number of anilines is 1. The molecule has 0 N–H and O–H groups in total. The molecule has 0 aliphatic rings. The lowest BCUT2D eigenvalue weighted by Gasteiger charge is -2.36. The average molecular weight is 267 g/mol. The number of rotatable bonds is 2. The van der Waals surface area contributed by atoms with Gasteiger partial charge in [0.15, 0.2) is 0 Å². The van der Waals surface area contributed by atoms with Gasteiger partial charge in [0.1, 0.15) is 5.82 Å². The molecule has 104 valence electrons. The van der Waals surface area contributed by atoms with E-state index in [4.69, 9.17) is 4.98 Å². The maximum absolute atomic E-state index is 9.34. The highest BCUT2D eigenvalue weighted by Gasteiger charge is 2.25. The molecule has 1 aromatic heterocycles. The van der Waals surface area contributed by atoms with Gasteiger partial charge in [0, 0.05) is 18.5 Å². The zero-order valence-corrected chi connectivity index (χ0v) is 12.8. The fraction of sp³-hybridized carbons (Fsp3) is 0.412. The van der Waals surface area contributed by atoms with E-state index in [9.17, 15) is 5.26 Å². The monoisotopic (exact) mass is 267 g/mol. The fourth-order valence-electron chi connectivity index (χ4n) is 2.21.